The Morgan fingerprint density at radius 1 is 0.897 bits per heavy atom. The largest absolute Gasteiger partial charge is 0.396 e. The van der Waals surface area contributed by atoms with Crippen LogP contribution in [0.2, 0.25) is 0 Å². The highest BCUT2D eigenvalue weighted by atomic mass is 16.3. The summed E-state index contributed by atoms with van der Waals surface area (Å²) in [7, 11) is 0. The van der Waals surface area contributed by atoms with Crippen molar-refractivity contribution in [1.82, 2.24) is 0 Å². The average Bonchev–Trinajstić information content (AvgIpc) is 3.05. The first-order valence-electron chi connectivity index (χ1n) is 13.1. The number of fused-ring (bicyclic) bond motifs is 5. The van der Waals surface area contributed by atoms with E-state index in [0.29, 0.717) is 29.3 Å². The standard InChI is InChI=1S/C27H48O2/c1-18(17-28)8-7-9-19(2)21-11-12-22-25-23(13-15-27(21,22)4)26(3)14-6-5-10-20(26)16-24(25)29/h18-25,28-29H,5-17H2,1-4H3/t18?,19-,20?,21-,22+,23+,24+,25+,26+,27-/m1/s1. The van der Waals surface area contributed by atoms with Gasteiger partial charge in [0.1, 0.15) is 0 Å². The first-order valence-corrected chi connectivity index (χ1v) is 13.1. The molecule has 0 radical (unpaired) electrons. The number of hydrogen-bond donors (Lipinski definition) is 2. The van der Waals surface area contributed by atoms with E-state index in [1.54, 1.807) is 0 Å². The molecule has 10 atom stereocenters. The lowest BCUT2D eigenvalue weighted by Crippen LogP contribution is -2.57. The maximum absolute atomic E-state index is 11.4. The van der Waals surface area contributed by atoms with Crippen molar-refractivity contribution in [2.45, 2.75) is 111 Å². The third-order valence-corrected chi connectivity index (χ3v) is 11.0. The Bertz CT molecular complexity index is 561. The molecule has 0 aromatic rings. The van der Waals surface area contributed by atoms with E-state index in [1.807, 2.05) is 0 Å². The van der Waals surface area contributed by atoms with Gasteiger partial charge in [-0.2, -0.15) is 0 Å². The Morgan fingerprint density at radius 2 is 1.66 bits per heavy atom. The second-order valence-corrected chi connectivity index (χ2v) is 12.5. The third kappa shape index (κ3) is 3.73. The van der Waals surface area contributed by atoms with Gasteiger partial charge in [0.05, 0.1) is 6.10 Å². The van der Waals surface area contributed by atoms with Crippen LogP contribution in [0.5, 0.6) is 0 Å². The SMILES string of the molecule is CC(CO)CCC[C@@H](C)[C@H]1CC[C@H]2[C@@H]3[C@@H](O)CC4CCCC[C@]4(C)[C@H]3CC[C@]12C. The third-order valence-electron chi connectivity index (χ3n) is 11.0. The van der Waals surface area contributed by atoms with Crippen LogP contribution < -0.4 is 0 Å². The van der Waals surface area contributed by atoms with E-state index in [0.717, 1.165) is 42.4 Å². The highest BCUT2D eigenvalue weighted by Gasteiger charge is 2.62. The van der Waals surface area contributed by atoms with Crippen LogP contribution in [0, 0.1) is 52.3 Å². The van der Waals surface area contributed by atoms with Crippen molar-refractivity contribution in [3.8, 4) is 0 Å². The van der Waals surface area contributed by atoms with Crippen LogP contribution in [0.25, 0.3) is 0 Å². The fraction of sp³-hybridized carbons (Fsp3) is 1.00. The Labute approximate surface area is 180 Å². The number of aliphatic hydroxyl groups excluding tert-OH is 2. The molecule has 2 nitrogen and oxygen atoms in total. The smallest absolute Gasteiger partial charge is 0.0577 e. The number of rotatable bonds is 6. The molecule has 4 aliphatic rings. The van der Waals surface area contributed by atoms with E-state index in [1.165, 1.54) is 64.2 Å². The lowest BCUT2D eigenvalue weighted by Gasteiger charge is -2.62. The van der Waals surface area contributed by atoms with Gasteiger partial charge in [-0.3, -0.25) is 0 Å². The molecule has 2 heteroatoms. The molecule has 2 unspecified atom stereocenters. The predicted molar refractivity (Wildman–Crippen MR) is 120 cm³/mol. The zero-order valence-corrected chi connectivity index (χ0v) is 19.7. The Balaban J connectivity index is 1.47. The summed E-state index contributed by atoms with van der Waals surface area (Å²) in [5.41, 5.74) is 0.954. The van der Waals surface area contributed by atoms with E-state index < -0.39 is 0 Å². The molecule has 0 aromatic heterocycles. The van der Waals surface area contributed by atoms with E-state index in [2.05, 4.69) is 27.7 Å². The summed E-state index contributed by atoms with van der Waals surface area (Å²) in [5, 5.41) is 20.7. The minimum absolute atomic E-state index is 0.0414. The molecule has 0 spiro atoms. The van der Waals surface area contributed by atoms with E-state index >= 15 is 0 Å². The van der Waals surface area contributed by atoms with Gasteiger partial charge in [-0.05, 0) is 104 Å². The van der Waals surface area contributed by atoms with E-state index in [-0.39, 0.29) is 6.10 Å². The van der Waals surface area contributed by atoms with Gasteiger partial charge in [0, 0.05) is 6.61 Å². The topological polar surface area (TPSA) is 40.5 Å². The number of hydrogen-bond acceptors (Lipinski definition) is 2. The maximum atomic E-state index is 11.4. The van der Waals surface area contributed by atoms with Gasteiger partial charge < -0.3 is 10.2 Å². The Kier molecular flexibility index (Phi) is 6.45. The molecule has 0 aromatic carbocycles. The molecule has 0 bridgehead atoms. The molecule has 4 saturated carbocycles. The second kappa shape index (κ2) is 8.45. The van der Waals surface area contributed by atoms with Crippen molar-refractivity contribution >= 4 is 0 Å². The summed E-state index contributed by atoms with van der Waals surface area (Å²) in [6.07, 6.45) is 15.9. The molecule has 0 heterocycles. The molecule has 0 saturated heterocycles. The van der Waals surface area contributed by atoms with Gasteiger partial charge in [0.25, 0.3) is 0 Å². The summed E-state index contributed by atoms with van der Waals surface area (Å²) in [4.78, 5) is 0. The quantitative estimate of drug-likeness (QED) is 0.534. The highest BCUT2D eigenvalue weighted by Crippen LogP contribution is 2.68. The van der Waals surface area contributed by atoms with Gasteiger partial charge in [-0.15, -0.1) is 0 Å². The van der Waals surface area contributed by atoms with Gasteiger partial charge >= 0.3 is 0 Å². The van der Waals surface area contributed by atoms with E-state index in [4.69, 9.17) is 0 Å². The van der Waals surface area contributed by atoms with Crippen LogP contribution in [0.15, 0.2) is 0 Å². The maximum Gasteiger partial charge on any atom is 0.0577 e. The van der Waals surface area contributed by atoms with Crippen molar-refractivity contribution in [2.24, 2.45) is 52.3 Å². The van der Waals surface area contributed by atoms with Crippen LogP contribution in [-0.2, 0) is 0 Å². The van der Waals surface area contributed by atoms with Gasteiger partial charge in [0.15, 0.2) is 0 Å². The minimum atomic E-state index is -0.0414. The normalized spacial score (nSPS) is 49.0. The van der Waals surface area contributed by atoms with Gasteiger partial charge in [-0.1, -0.05) is 53.4 Å². The van der Waals surface area contributed by atoms with Gasteiger partial charge in [-0.25, -0.2) is 0 Å². The molecule has 0 amide bonds. The zero-order valence-electron chi connectivity index (χ0n) is 19.7. The van der Waals surface area contributed by atoms with Crippen LogP contribution in [0.3, 0.4) is 0 Å². The van der Waals surface area contributed by atoms with Crippen molar-refractivity contribution in [3.05, 3.63) is 0 Å². The first kappa shape index (κ1) is 22.1. The zero-order chi connectivity index (χ0) is 20.8. The Morgan fingerprint density at radius 3 is 2.41 bits per heavy atom. The van der Waals surface area contributed by atoms with Crippen molar-refractivity contribution in [3.63, 3.8) is 0 Å². The molecule has 168 valence electrons. The summed E-state index contributed by atoms with van der Waals surface area (Å²) in [6.45, 7) is 10.2. The van der Waals surface area contributed by atoms with Crippen LogP contribution in [-0.4, -0.2) is 22.9 Å². The number of aliphatic hydroxyl groups is 2. The average molecular weight is 405 g/mol. The van der Waals surface area contributed by atoms with Crippen LogP contribution in [0.4, 0.5) is 0 Å². The molecule has 4 rings (SSSR count). The summed E-state index contributed by atoms with van der Waals surface area (Å²) in [6, 6.07) is 0. The molecular weight excluding hydrogens is 356 g/mol. The molecule has 4 fully saturated rings. The first-order chi connectivity index (χ1) is 13.8. The molecule has 29 heavy (non-hydrogen) atoms. The molecule has 4 aliphatic carbocycles. The second-order valence-electron chi connectivity index (χ2n) is 12.5. The highest BCUT2D eigenvalue weighted by molar-refractivity contribution is 5.11. The molecule has 0 aliphatic heterocycles. The van der Waals surface area contributed by atoms with Crippen molar-refractivity contribution in [1.29, 1.82) is 0 Å². The van der Waals surface area contributed by atoms with Crippen molar-refractivity contribution < 1.29 is 10.2 Å². The monoisotopic (exact) mass is 404 g/mol. The van der Waals surface area contributed by atoms with Crippen LogP contribution >= 0.6 is 0 Å². The lowest BCUT2D eigenvalue weighted by atomic mass is 9.44. The fourth-order valence-electron chi connectivity index (χ4n) is 9.31. The summed E-state index contributed by atoms with van der Waals surface area (Å²) >= 11 is 0. The van der Waals surface area contributed by atoms with E-state index in [9.17, 15) is 10.2 Å². The Hall–Kier alpha value is -0.0800. The predicted octanol–water partition coefficient (Wildman–Crippen LogP) is 6.44. The summed E-state index contributed by atoms with van der Waals surface area (Å²) in [5.74, 6) is 4.94. The van der Waals surface area contributed by atoms with Crippen molar-refractivity contribution in [2.75, 3.05) is 6.61 Å². The molecule has 2 N–H and O–H groups in total. The minimum Gasteiger partial charge on any atom is -0.396 e. The summed E-state index contributed by atoms with van der Waals surface area (Å²) < 4.78 is 0. The molecular formula is C27H48O2. The lowest BCUT2D eigenvalue weighted by molar-refractivity contribution is -0.164. The van der Waals surface area contributed by atoms with Crippen LogP contribution in [0.1, 0.15) is 105 Å². The van der Waals surface area contributed by atoms with Gasteiger partial charge in [0.2, 0.25) is 0 Å². The fourth-order valence-corrected chi connectivity index (χ4v) is 9.31.